The SMILES string of the molecule is N[C@@H](Cc1ccccc1)c1nnc2sc(SCc3ccccc3F)nn12. The minimum Gasteiger partial charge on any atom is -0.321 e. The largest absolute Gasteiger partial charge is 0.321 e. The summed E-state index contributed by atoms with van der Waals surface area (Å²) in [6, 6.07) is 16.5. The first-order valence-corrected chi connectivity index (χ1v) is 9.89. The average Bonchev–Trinajstić information content (AvgIpc) is 3.22. The molecule has 4 rings (SSSR count). The number of nitrogens with zero attached hydrogens (tertiary/aromatic N) is 4. The van der Waals surface area contributed by atoms with Crippen LogP contribution in [-0.4, -0.2) is 19.8 Å². The molecule has 8 heteroatoms. The summed E-state index contributed by atoms with van der Waals surface area (Å²) >= 11 is 2.91. The zero-order valence-corrected chi connectivity index (χ0v) is 15.4. The first kappa shape index (κ1) is 17.1. The van der Waals surface area contributed by atoms with Crippen molar-refractivity contribution in [1.82, 2.24) is 19.8 Å². The second-order valence-corrected chi connectivity index (χ2v) is 7.98. The number of nitrogens with two attached hydrogens (primary N) is 1. The van der Waals surface area contributed by atoms with Gasteiger partial charge in [0, 0.05) is 5.75 Å². The first-order chi connectivity index (χ1) is 12.7. The van der Waals surface area contributed by atoms with Crippen molar-refractivity contribution in [1.29, 1.82) is 0 Å². The van der Waals surface area contributed by atoms with E-state index >= 15 is 0 Å². The molecule has 0 aliphatic carbocycles. The molecule has 0 spiro atoms. The van der Waals surface area contributed by atoms with Crippen LogP contribution in [0.5, 0.6) is 0 Å². The van der Waals surface area contributed by atoms with Gasteiger partial charge in [0.1, 0.15) is 5.82 Å². The van der Waals surface area contributed by atoms with E-state index in [2.05, 4.69) is 15.3 Å². The Morgan fingerprint density at radius 1 is 1.08 bits per heavy atom. The standard InChI is InChI=1S/C18H16FN5S2/c19-14-9-5-4-8-13(14)11-25-18-23-24-16(21-22-17(24)26-18)15(20)10-12-6-2-1-3-7-12/h1-9,15H,10-11,20H2/t15-/m0/s1. The average molecular weight is 385 g/mol. The van der Waals surface area contributed by atoms with Crippen LogP contribution in [0.3, 0.4) is 0 Å². The molecular weight excluding hydrogens is 369 g/mol. The van der Waals surface area contributed by atoms with E-state index in [1.165, 1.54) is 29.2 Å². The van der Waals surface area contributed by atoms with Crippen LogP contribution in [0.1, 0.15) is 23.0 Å². The Balaban J connectivity index is 1.50. The maximum Gasteiger partial charge on any atom is 0.235 e. The van der Waals surface area contributed by atoms with Gasteiger partial charge in [0.2, 0.25) is 4.96 Å². The molecule has 0 amide bonds. The van der Waals surface area contributed by atoms with E-state index in [4.69, 9.17) is 5.73 Å². The molecule has 0 aliphatic heterocycles. The summed E-state index contributed by atoms with van der Waals surface area (Å²) < 4.78 is 16.2. The second kappa shape index (κ2) is 7.53. The fourth-order valence-corrected chi connectivity index (χ4v) is 4.49. The zero-order chi connectivity index (χ0) is 17.9. The lowest BCUT2D eigenvalue weighted by Gasteiger charge is -2.08. The van der Waals surface area contributed by atoms with Crippen LogP contribution in [-0.2, 0) is 12.2 Å². The van der Waals surface area contributed by atoms with Gasteiger partial charge in [-0.15, -0.1) is 15.3 Å². The van der Waals surface area contributed by atoms with Crippen molar-refractivity contribution < 1.29 is 4.39 Å². The molecule has 0 bridgehead atoms. The van der Waals surface area contributed by atoms with Crippen LogP contribution in [0.4, 0.5) is 4.39 Å². The molecule has 0 saturated heterocycles. The van der Waals surface area contributed by atoms with Gasteiger partial charge in [-0.25, -0.2) is 4.39 Å². The smallest absolute Gasteiger partial charge is 0.235 e. The third-order valence-electron chi connectivity index (χ3n) is 3.94. The summed E-state index contributed by atoms with van der Waals surface area (Å²) in [5.41, 5.74) is 8.11. The normalized spacial score (nSPS) is 12.5. The molecule has 0 fully saturated rings. The summed E-state index contributed by atoms with van der Waals surface area (Å²) in [7, 11) is 0. The highest BCUT2D eigenvalue weighted by Gasteiger charge is 2.18. The summed E-state index contributed by atoms with van der Waals surface area (Å²) in [5.74, 6) is 0.953. The maximum atomic E-state index is 13.7. The molecule has 5 nitrogen and oxygen atoms in total. The lowest BCUT2D eigenvalue weighted by atomic mass is 10.1. The molecule has 2 aromatic heterocycles. The highest BCUT2D eigenvalue weighted by Crippen LogP contribution is 2.29. The Bertz CT molecular complexity index is 1010. The van der Waals surface area contributed by atoms with E-state index in [1.807, 2.05) is 36.4 Å². The summed E-state index contributed by atoms with van der Waals surface area (Å²) in [6.45, 7) is 0. The molecule has 4 aromatic rings. The van der Waals surface area contributed by atoms with E-state index in [0.29, 0.717) is 28.5 Å². The Kier molecular flexibility index (Phi) is 4.96. The van der Waals surface area contributed by atoms with Crippen molar-refractivity contribution in [2.75, 3.05) is 0 Å². The molecule has 132 valence electrons. The number of hydrogen-bond donors (Lipinski definition) is 1. The monoisotopic (exact) mass is 385 g/mol. The number of aromatic nitrogens is 4. The van der Waals surface area contributed by atoms with Crippen molar-refractivity contribution >= 4 is 28.1 Å². The predicted molar refractivity (Wildman–Crippen MR) is 102 cm³/mol. The van der Waals surface area contributed by atoms with Crippen LogP contribution in [0, 0.1) is 5.82 Å². The Labute approximate surface area is 158 Å². The van der Waals surface area contributed by atoms with Gasteiger partial charge in [0.05, 0.1) is 6.04 Å². The van der Waals surface area contributed by atoms with Gasteiger partial charge in [-0.2, -0.15) is 4.52 Å². The molecule has 0 saturated carbocycles. The van der Waals surface area contributed by atoms with E-state index in [0.717, 1.165) is 9.90 Å². The zero-order valence-electron chi connectivity index (χ0n) is 13.7. The number of benzene rings is 2. The second-order valence-electron chi connectivity index (χ2n) is 5.80. The van der Waals surface area contributed by atoms with Crippen LogP contribution in [0.15, 0.2) is 58.9 Å². The van der Waals surface area contributed by atoms with Crippen molar-refractivity contribution in [2.24, 2.45) is 5.73 Å². The van der Waals surface area contributed by atoms with E-state index in [-0.39, 0.29) is 11.9 Å². The number of rotatable bonds is 6. The van der Waals surface area contributed by atoms with Gasteiger partial charge in [-0.3, -0.25) is 0 Å². The molecule has 0 radical (unpaired) electrons. The Morgan fingerprint density at radius 3 is 2.65 bits per heavy atom. The highest BCUT2D eigenvalue weighted by atomic mass is 32.2. The van der Waals surface area contributed by atoms with Crippen LogP contribution in [0.2, 0.25) is 0 Å². The summed E-state index contributed by atoms with van der Waals surface area (Å²) in [4.78, 5) is 0.694. The first-order valence-electron chi connectivity index (χ1n) is 8.08. The highest BCUT2D eigenvalue weighted by molar-refractivity contribution is 8.00. The van der Waals surface area contributed by atoms with Gasteiger partial charge in [0.15, 0.2) is 10.2 Å². The van der Waals surface area contributed by atoms with E-state index in [9.17, 15) is 4.39 Å². The summed E-state index contributed by atoms with van der Waals surface area (Å²) in [5, 5.41) is 12.9. The minimum atomic E-state index is -0.293. The molecule has 1 atom stereocenters. The van der Waals surface area contributed by atoms with Crippen LogP contribution < -0.4 is 5.73 Å². The molecule has 0 aliphatic rings. The van der Waals surface area contributed by atoms with Crippen molar-refractivity contribution in [3.8, 4) is 0 Å². The van der Waals surface area contributed by atoms with Crippen molar-refractivity contribution in [3.63, 3.8) is 0 Å². The topological polar surface area (TPSA) is 69.1 Å². The Morgan fingerprint density at radius 2 is 1.85 bits per heavy atom. The lowest BCUT2D eigenvalue weighted by molar-refractivity contribution is 0.617. The number of halogens is 1. The quantitative estimate of drug-likeness (QED) is 0.511. The van der Waals surface area contributed by atoms with Gasteiger partial charge in [0.25, 0.3) is 0 Å². The van der Waals surface area contributed by atoms with Gasteiger partial charge in [-0.05, 0) is 23.6 Å². The van der Waals surface area contributed by atoms with Crippen molar-refractivity contribution in [3.05, 3.63) is 77.4 Å². The van der Waals surface area contributed by atoms with E-state index in [1.54, 1.807) is 16.6 Å². The van der Waals surface area contributed by atoms with Crippen LogP contribution in [0.25, 0.3) is 4.96 Å². The molecule has 26 heavy (non-hydrogen) atoms. The van der Waals surface area contributed by atoms with Gasteiger partial charge >= 0.3 is 0 Å². The minimum absolute atomic E-state index is 0.200. The lowest BCUT2D eigenvalue weighted by Crippen LogP contribution is -2.17. The van der Waals surface area contributed by atoms with Crippen molar-refractivity contribution in [2.45, 2.75) is 22.6 Å². The molecule has 2 heterocycles. The van der Waals surface area contributed by atoms with Gasteiger partial charge < -0.3 is 5.73 Å². The Hall–Kier alpha value is -2.29. The molecule has 2 aromatic carbocycles. The molecule has 2 N–H and O–H groups in total. The maximum absolute atomic E-state index is 13.7. The number of thioether (sulfide) groups is 1. The third-order valence-corrected chi connectivity index (χ3v) is 6.02. The van der Waals surface area contributed by atoms with E-state index < -0.39 is 0 Å². The number of hydrogen-bond acceptors (Lipinski definition) is 6. The predicted octanol–water partition coefficient (Wildman–Crippen LogP) is 3.86. The summed E-state index contributed by atoms with van der Waals surface area (Å²) in [6.07, 6.45) is 0.664. The fraction of sp³-hybridized carbons (Fsp3) is 0.167. The van der Waals surface area contributed by atoms with Gasteiger partial charge in [-0.1, -0.05) is 71.6 Å². The van der Waals surface area contributed by atoms with Crippen LogP contribution >= 0.6 is 23.1 Å². The third kappa shape index (κ3) is 3.62. The fourth-order valence-electron chi connectivity index (χ4n) is 2.62. The number of fused-ring (bicyclic) bond motifs is 1. The molecule has 0 unspecified atom stereocenters. The molecular formula is C18H16FN5S2.